The molecule has 0 unspecified atom stereocenters. The summed E-state index contributed by atoms with van der Waals surface area (Å²) in [5.74, 6) is 0.589. The number of fused-ring (bicyclic) bond motifs is 1. The van der Waals surface area contributed by atoms with E-state index in [1.165, 1.54) is 12.1 Å². The molecule has 0 amide bonds. The van der Waals surface area contributed by atoms with Crippen LogP contribution in [0.15, 0.2) is 24.5 Å². The van der Waals surface area contributed by atoms with Gasteiger partial charge in [-0.3, -0.25) is 0 Å². The van der Waals surface area contributed by atoms with Crippen molar-refractivity contribution in [3.8, 4) is 0 Å². The van der Waals surface area contributed by atoms with E-state index in [0.717, 1.165) is 24.6 Å². The zero-order valence-corrected chi connectivity index (χ0v) is 9.17. The van der Waals surface area contributed by atoms with Gasteiger partial charge in [-0.2, -0.15) is 0 Å². The lowest BCUT2D eigenvalue weighted by Gasteiger charge is -2.29. The first-order chi connectivity index (χ1) is 8.24. The minimum absolute atomic E-state index is 0.313. The van der Waals surface area contributed by atoms with Gasteiger partial charge in [-0.1, -0.05) is 0 Å². The van der Waals surface area contributed by atoms with E-state index >= 15 is 0 Å². The molecule has 1 aromatic heterocycles. The molecule has 0 saturated carbocycles. The van der Waals surface area contributed by atoms with Crippen molar-refractivity contribution in [1.29, 1.82) is 0 Å². The lowest BCUT2D eigenvalue weighted by molar-refractivity contribution is 0.560. The van der Waals surface area contributed by atoms with Crippen molar-refractivity contribution in [3.05, 3.63) is 36.2 Å². The van der Waals surface area contributed by atoms with E-state index in [4.69, 9.17) is 5.73 Å². The second kappa shape index (κ2) is 3.73. The SMILES string of the molecule is Nc1cc(F)ccc1N1CCn2cnnc2C1. The number of nitrogen functional groups attached to an aromatic ring is 1. The van der Waals surface area contributed by atoms with E-state index in [-0.39, 0.29) is 5.82 Å². The maximum atomic E-state index is 13.0. The molecule has 0 aliphatic carbocycles. The van der Waals surface area contributed by atoms with Gasteiger partial charge in [0.1, 0.15) is 12.1 Å². The monoisotopic (exact) mass is 233 g/mol. The van der Waals surface area contributed by atoms with Crippen molar-refractivity contribution >= 4 is 11.4 Å². The third-order valence-electron chi connectivity index (χ3n) is 2.97. The molecule has 2 heterocycles. The van der Waals surface area contributed by atoms with E-state index in [1.807, 2.05) is 4.57 Å². The van der Waals surface area contributed by atoms with Gasteiger partial charge in [0.15, 0.2) is 5.82 Å². The molecule has 0 radical (unpaired) electrons. The molecule has 0 saturated heterocycles. The zero-order chi connectivity index (χ0) is 11.8. The van der Waals surface area contributed by atoms with Crippen molar-refractivity contribution < 1.29 is 4.39 Å². The van der Waals surface area contributed by atoms with Crippen LogP contribution in [0, 0.1) is 5.82 Å². The first-order valence-corrected chi connectivity index (χ1v) is 5.41. The highest BCUT2D eigenvalue weighted by Crippen LogP contribution is 2.26. The third kappa shape index (κ3) is 1.71. The molecule has 88 valence electrons. The highest BCUT2D eigenvalue weighted by molar-refractivity contribution is 5.67. The summed E-state index contributed by atoms with van der Waals surface area (Å²) < 4.78 is 15.0. The summed E-state index contributed by atoms with van der Waals surface area (Å²) in [7, 11) is 0. The van der Waals surface area contributed by atoms with Crippen LogP contribution in [0.1, 0.15) is 5.82 Å². The van der Waals surface area contributed by atoms with Gasteiger partial charge in [-0.05, 0) is 18.2 Å². The van der Waals surface area contributed by atoms with Crippen LogP contribution in [0.2, 0.25) is 0 Å². The van der Waals surface area contributed by atoms with Crippen LogP contribution in [0.4, 0.5) is 15.8 Å². The number of hydrogen-bond donors (Lipinski definition) is 1. The van der Waals surface area contributed by atoms with Gasteiger partial charge in [0, 0.05) is 13.1 Å². The molecule has 0 bridgehead atoms. The number of rotatable bonds is 1. The fraction of sp³-hybridized carbons (Fsp3) is 0.273. The van der Waals surface area contributed by atoms with Gasteiger partial charge in [0.05, 0.1) is 17.9 Å². The van der Waals surface area contributed by atoms with Crippen molar-refractivity contribution in [2.24, 2.45) is 0 Å². The van der Waals surface area contributed by atoms with Crippen LogP contribution >= 0.6 is 0 Å². The Labute approximate surface area is 97.7 Å². The fourth-order valence-electron chi connectivity index (χ4n) is 2.09. The highest BCUT2D eigenvalue weighted by Gasteiger charge is 2.19. The Morgan fingerprint density at radius 1 is 1.29 bits per heavy atom. The molecule has 1 aliphatic heterocycles. The van der Waals surface area contributed by atoms with Crippen LogP contribution in [-0.2, 0) is 13.1 Å². The normalized spacial score (nSPS) is 14.8. The molecule has 17 heavy (non-hydrogen) atoms. The Kier molecular flexibility index (Phi) is 2.21. The summed E-state index contributed by atoms with van der Waals surface area (Å²) in [4.78, 5) is 2.08. The van der Waals surface area contributed by atoms with Crippen molar-refractivity contribution in [1.82, 2.24) is 14.8 Å². The van der Waals surface area contributed by atoms with Gasteiger partial charge >= 0.3 is 0 Å². The van der Waals surface area contributed by atoms with Crippen LogP contribution < -0.4 is 10.6 Å². The zero-order valence-electron chi connectivity index (χ0n) is 9.17. The average molecular weight is 233 g/mol. The van der Waals surface area contributed by atoms with Gasteiger partial charge in [0.2, 0.25) is 0 Å². The number of halogens is 1. The van der Waals surface area contributed by atoms with Crippen molar-refractivity contribution in [2.45, 2.75) is 13.1 Å². The lowest BCUT2D eigenvalue weighted by Crippen LogP contribution is -2.34. The largest absolute Gasteiger partial charge is 0.397 e. The Hall–Kier alpha value is -2.11. The molecule has 0 atom stereocenters. The number of nitrogens with two attached hydrogens (primary N) is 1. The van der Waals surface area contributed by atoms with E-state index in [1.54, 1.807) is 12.4 Å². The summed E-state index contributed by atoms with van der Waals surface area (Å²) in [5, 5.41) is 7.90. The molecule has 2 aromatic rings. The van der Waals surface area contributed by atoms with E-state index < -0.39 is 0 Å². The molecule has 2 N–H and O–H groups in total. The second-order valence-corrected chi connectivity index (χ2v) is 4.07. The Balaban J connectivity index is 1.91. The molecular weight excluding hydrogens is 221 g/mol. The Morgan fingerprint density at radius 2 is 2.18 bits per heavy atom. The topological polar surface area (TPSA) is 60.0 Å². The standard InChI is InChI=1S/C11H12FN5/c12-8-1-2-10(9(13)5-8)16-3-4-17-7-14-15-11(17)6-16/h1-2,5,7H,3-4,6,13H2. The maximum absolute atomic E-state index is 13.0. The molecule has 0 spiro atoms. The van der Waals surface area contributed by atoms with Gasteiger partial charge in [-0.25, -0.2) is 4.39 Å². The molecule has 3 rings (SSSR count). The van der Waals surface area contributed by atoms with E-state index in [9.17, 15) is 4.39 Å². The number of anilines is 2. The lowest BCUT2D eigenvalue weighted by atomic mass is 10.2. The molecule has 0 fully saturated rings. The number of aromatic nitrogens is 3. The maximum Gasteiger partial charge on any atom is 0.152 e. The molecular formula is C11H12FN5. The number of benzene rings is 1. The third-order valence-corrected chi connectivity index (χ3v) is 2.97. The predicted octanol–water partition coefficient (Wildman–Crippen LogP) is 1.02. The average Bonchev–Trinajstić information content (AvgIpc) is 2.75. The fourth-order valence-corrected chi connectivity index (χ4v) is 2.09. The van der Waals surface area contributed by atoms with Crippen molar-refractivity contribution in [3.63, 3.8) is 0 Å². The van der Waals surface area contributed by atoms with Crippen LogP contribution in [0.3, 0.4) is 0 Å². The Bertz CT molecular complexity index is 551. The summed E-state index contributed by atoms with van der Waals surface area (Å²) in [6.07, 6.45) is 1.72. The molecule has 1 aliphatic rings. The summed E-state index contributed by atoms with van der Waals surface area (Å²) in [6.45, 7) is 2.29. The van der Waals surface area contributed by atoms with Gasteiger partial charge in [-0.15, -0.1) is 10.2 Å². The summed E-state index contributed by atoms with van der Waals surface area (Å²) in [5.41, 5.74) is 7.13. The minimum atomic E-state index is -0.313. The van der Waals surface area contributed by atoms with Crippen LogP contribution in [0.25, 0.3) is 0 Å². The van der Waals surface area contributed by atoms with Crippen LogP contribution in [0.5, 0.6) is 0 Å². The predicted molar refractivity (Wildman–Crippen MR) is 61.9 cm³/mol. The number of hydrogen-bond acceptors (Lipinski definition) is 4. The summed E-state index contributed by atoms with van der Waals surface area (Å²) >= 11 is 0. The van der Waals surface area contributed by atoms with Crippen molar-refractivity contribution in [2.75, 3.05) is 17.2 Å². The highest BCUT2D eigenvalue weighted by atomic mass is 19.1. The van der Waals surface area contributed by atoms with Crippen LogP contribution in [-0.4, -0.2) is 21.3 Å². The minimum Gasteiger partial charge on any atom is -0.397 e. The molecule has 6 heteroatoms. The molecule has 1 aromatic carbocycles. The molecule has 5 nitrogen and oxygen atoms in total. The quantitative estimate of drug-likeness (QED) is 0.747. The first kappa shape index (κ1) is 10.1. The smallest absolute Gasteiger partial charge is 0.152 e. The number of nitrogens with zero attached hydrogens (tertiary/aromatic N) is 4. The van der Waals surface area contributed by atoms with Gasteiger partial charge in [0.25, 0.3) is 0 Å². The first-order valence-electron chi connectivity index (χ1n) is 5.41. The van der Waals surface area contributed by atoms with E-state index in [0.29, 0.717) is 12.2 Å². The summed E-state index contributed by atoms with van der Waals surface area (Å²) in [6, 6.07) is 4.47. The van der Waals surface area contributed by atoms with E-state index in [2.05, 4.69) is 15.1 Å². The Morgan fingerprint density at radius 3 is 3.00 bits per heavy atom. The second-order valence-electron chi connectivity index (χ2n) is 4.07. The van der Waals surface area contributed by atoms with Gasteiger partial charge < -0.3 is 15.2 Å².